The van der Waals surface area contributed by atoms with Crippen LogP contribution < -0.4 is 0 Å². The number of phenolic OH excluding ortho intramolecular Hbond substituents is 1. The third-order valence-electron chi connectivity index (χ3n) is 11.9. The molecule has 2 aliphatic rings. The number of aryl methyl sites for hydroxylation is 4. The molecule has 4 heterocycles. The summed E-state index contributed by atoms with van der Waals surface area (Å²) < 4.78 is 3.84. The van der Waals surface area contributed by atoms with Gasteiger partial charge in [-0.05, 0) is 67.5 Å². The van der Waals surface area contributed by atoms with Crippen molar-refractivity contribution in [2.24, 2.45) is 14.1 Å². The number of hydrazine groups is 1. The number of aromatic nitrogens is 3. The van der Waals surface area contributed by atoms with Crippen LogP contribution in [0.5, 0.6) is 5.75 Å². The van der Waals surface area contributed by atoms with Gasteiger partial charge in [-0.25, -0.2) is 10.0 Å². The lowest BCUT2D eigenvalue weighted by atomic mass is 9.97. The van der Waals surface area contributed by atoms with Crippen LogP contribution in [-0.4, -0.2) is 113 Å². The van der Waals surface area contributed by atoms with Crippen molar-refractivity contribution < 1.29 is 24.3 Å². The molecule has 7 rings (SSSR count). The lowest BCUT2D eigenvalue weighted by Gasteiger charge is -2.55. The average molecular weight is 799 g/mol. The summed E-state index contributed by atoms with van der Waals surface area (Å²) in [6.45, 7) is 9.05. The number of fused-ring (bicyclic) bond motifs is 2. The largest absolute Gasteiger partial charge is 0.508 e. The van der Waals surface area contributed by atoms with E-state index in [1.807, 2.05) is 92.0 Å². The first kappa shape index (κ1) is 41.0. The van der Waals surface area contributed by atoms with Gasteiger partial charge in [-0.1, -0.05) is 66.7 Å². The summed E-state index contributed by atoms with van der Waals surface area (Å²) in [6.07, 6.45) is 5.32. The number of carbonyl (C=O) groups is 4. The summed E-state index contributed by atoms with van der Waals surface area (Å²) in [5, 5.41) is 18.7. The van der Waals surface area contributed by atoms with E-state index in [1.54, 1.807) is 55.1 Å². The molecule has 2 aliphatic heterocycles. The fourth-order valence-electron chi connectivity index (χ4n) is 8.81. The van der Waals surface area contributed by atoms with Crippen molar-refractivity contribution in [3.8, 4) is 5.75 Å². The van der Waals surface area contributed by atoms with E-state index in [1.165, 1.54) is 5.56 Å². The van der Waals surface area contributed by atoms with Gasteiger partial charge in [0, 0.05) is 70.9 Å². The lowest BCUT2D eigenvalue weighted by Crippen LogP contribution is -2.75. The van der Waals surface area contributed by atoms with Gasteiger partial charge in [0.15, 0.2) is 0 Å². The topological polar surface area (TPSA) is 127 Å². The Bertz CT molecular complexity index is 2370. The normalized spacial score (nSPS) is 17.1. The highest BCUT2D eigenvalue weighted by Gasteiger charge is 2.51. The summed E-state index contributed by atoms with van der Waals surface area (Å²) in [5.41, 5.74) is 7.42. The number of aromatic hydroxyl groups is 1. The Morgan fingerprint density at radius 1 is 0.966 bits per heavy atom. The number of amides is 4. The Kier molecular flexibility index (Phi) is 12.0. The van der Waals surface area contributed by atoms with Gasteiger partial charge in [0.2, 0.25) is 17.7 Å². The van der Waals surface area contributed by atoms with Crippen molar-refractivity contribution in [3.63, 3.8) is 0 Å². The summed E-state index contributed by atoms with van der Waals surface area (Å²) in [7, 11) is 5.68. The minimum atomic E-state index is -0.904. The van der Waals surface area contributed by atoms with Crippen molar-refractivity contribution in [2.45, 2.75) is 64.7 Å². The Balaban J connectivity index is 1.18. The van der Waals surface area contributed by atoms with Gasteiger partial charge >= 0.3 is 0 Å². The van der Waals surface area contributed by atoms with Crippen LogP contribution in [0, 0.1) is 13.8 Å². The average Bonchev–Trinajstić information content (AvgIpc) is 3.69. The highest BCUT2D eigenvalue weighted by atomic mass is 16.3. The second kappa shape index (κ2) is 17.3. The number of piperazine rings is 1. The molecule has 13 nitrogen and oxygen atoms in total. The SMILES string of the molecule is C=CCN1CC(=O)N2[C@@H](Cc3ccc(O)cc3)C(=O)N(Cc3cccc4c(C(=O)N(C)CCCc5c(C)nn(C)c5C)cn(C)c34)C[C@@H]2N1C(=O)CCc1ccccc1. The van der Waals surface area contributed by atoms with Gasteiger partial charge in [0.1, 0.15) is 18.0 Å². The molecule has 3 aromatic carbocycles. The third kappa shape index (κ3) is 8.38. The quantitative estimate of drug-likeness (QED) is 0.158. The van der Waals surface area contributed by atoms with Crippen molar-refractivity contribution in [1.82, 2.24) is 39.1 Å². The van der Waals surface area contributed by atoms with Crippen LogP contribution >= 0.6 is 0 Å². The van der Waals surface area contributed by atoms with Gasteiger partial charge in [0.05, 0.1) is 29.9 Å². The van der Waals surface area contributed by atoms with E-state index in [4.69, 9.17) is 0 Å². The van der Waals surface area contributed by atoms with E-state index < -0.39 is 12.2 Å². The van der Waals surface area contributed by atoms with Crippen LogP contribution in [0.2, 0.25) is 0 Å². The standard InChI is InChI=1S/C46H54N8O5/c1-7-24-52-30-43(57)53-40(26-34-18-21-36(55)22-19-34)46(59)51(29-41(53)54(52)42(56)23-20-33-13-9-8-10-14-33)27-35-15-11-16-38-39(28-49(5)44(35)38)45(58)48(4)25-12-17-37-31(2)47-50(6)32(37)3/h7-11,13-16,18-19,21-22,28,40-41,55H,1,12,17,20,23-27,29-30H2,2-6H3/t40-,41-/m0/s1. The summed E-state index contributed by atoms with van der Waals surface area (Å²) in [5.74, 6) is -0.625. The predicted octanol–water partition coefficient (Wildman–Crippen LogP) is 4.93. The molecule has 0 unspecified atom stereocenters. The van der Waals surface area contributed by atoms with E-state index >= 15 is 0 Å². The molecular weight excluding hydrogens is 745 g/mol. The molecule has 2 saturated heterocycles. The van der Waals surface area contributed by atoms with Crippen molar-refractivity contribution in [1.29, 1.82) is 0 Å². The number of benzene rings is 3. The van der Waals surface area contributed by atoms with Crippen LogP contribution in [-0.2, 0) is 54.3 Å². The van der Waals surface area contributed by atoms with Crippen LogP contribution in [0.3, 0.4) is 0 Å². The van der Waals surface area contributed by atoms with Crippen LogP contribution in [0.25, 0.3) is 10.9 Å². The Morgan fingerprint density at radius 3 is 2.41 bits per heavy atom. The molecule has 0 saturated carbocycles. The molecule has 1 N–H and O–H groups in total. The van der Waals surface area contributed by atoms with Crippen LogP contribution in [0.1, 0.15) is 56.8 Å². The van der Waals surface area contributed by atoms with Gasteiger partial charge in [-0.2, -0.15) is 5.10 Å². The van der Waals surface area contributed by atoms with Crippen LogP contribution in [0.15, 0.2) is 91.6 Å². The molecule has 4 amide bonds. The highest BCUT2D eigenvalue weighted by molar-refractivity contribution is 6.07. The molecule has 2 aromatic heterocycles. The highest BCUT2D eigenvalue weighted by Crippen LogP contribution is 2.32. The number of hydrogen-bond acceptors (Lipinski definition) is 7. The van der Waals surface area contributed by atoms with Gasteiger partial charge in [-0.15, -0.1) is 6.58 Å². The van der Waals surface area contributed by atoms with Gasteiger partial charge < -0.3 is 24.4 Å². The maximum absolute atomic E-state index is 14.7. The van der Waals surface area contributed by atoms with E-state index in [0.29, 0.717) is 18.5 Å². The zero-order chi connectivity index (χ0) is 42.0. The second-order valence-electron chi connectivity index (χ2n) is 15.8. The Morgan fingerprint density at radius 2 is 1.71 bits per heavy atom. The van der Waals surface area contributed by atoms with Crippen LogP contribution in [0.4, 0.5) is 0 Å². The number of carbonyl (C=O) groups excluding carboxylic acids is 4. The van der Waals surface area contributed by atoms with E-state index in [-0.39, 0.29) is 68.4 Å². The number of rotatable bonds is 14. The predicted molar refractivity (Wildman–Crippen MR) is 226 cm³/mol. The van der Waals surface area contributed by atoms with Crippen molar-refractivity contribution >= 4 is 34.5 Å². The minimum Gasteiger partial charge on any atom is -0.508 e. The summed E-state index contributed by atoms with van der Waals surface area (Å²) in [6, 6.07) is 21.3. The van der Waals surface area contributed by atoms with Crippen molar-refractivity contribution in [3.05, 3.63) is 131 Å². The molecule has 0 aliphatic carbocycles. The van der Waals surface area contributed by atoms with E-state index in [2.05, 4.69) is 18.6 Å². The van der Waals surface area contributed by atoms with Crippen molar-refractivity contribution in [2.75, 3.05) is 33.2 Å². The van der Waals surface area contributed by atoms with E-state index in [9.17, 15) is 24.3 Å². The molecular formula is C46H54N8O5. The molecule has 0 bridgehead atoms. The summed E-state index contributed by atoms with van der Waals surface area (Å²) >= 11 is 0. The number of hydrogen-bond donors (Lipinski definition) is 1. The Hall–Kier alpha value is -6.21. The molecule has 0 radical (unpaired) electrons. The van der Waals surface area contributed by atoms with Gasteiger partial charge in [-0.3, -0.25) is 23.9 Å². The maximum Gasteiger partial charge on any atom is 0.255 e. The smallest absolute Gasteiger partial charge is 0.255 e. The molecule has 0 spiro atoms. The third-order valence-corrected chi connectivity index (χ3v) is 11.9. The fourth-order valence-corrected chi connectivity index (χ4v) is 8.81. The van der Waals surface area contributed by atoms with Gasteiger partial charge in [0.25, 0.3) is 5.91 Å². The number of nitrogens with zero attached hydrogens (tertiary/aromatic N) is 8. The first-order valence-corrected chi connectivity index (χ1v) is 20.3. The molecule has 2 atom stereocenters. The zero-order valence-electron chi connectivity index (χ0n) is 34.7. The minimum absolute atomic E-state index is 0.0738. The molecule has 2 fully saturated rings. The first-order chi connectivity index (χ1) is 28.4. The lowest BCUT2D eigenvalue weighted by molar-refractivity contribution is -0.205. The first-order valence-electron chi connectivity index (χ1n) is 20.3. The number of para-hydroxylation sites is 1. The molecule has 59 heavy (non-hydrogen) atoms. The monoisotopic (exact) mass is 798 g/mol. The molecule has 13 heteroatoms. The molecule has 5 aromatic rings. The molecule has 308 valence electrons. The summed E-state index contributed by atoms with van der Waals surface area (Å²) in [4.78, 5) is 62.2. The second-order valence-corrected chi connectivity index (χ2v) is 15.8. The van der Waals surface area contributed by atoms with E-state index in [0.717, 1.165) is 51.8 Å². The maximum atomic E-state index is 14.7. The zero-order valence-corrected chi connectivity index (χ0v) is 34.7. The Labute approximate surface area is 345 Å². The number of phenols is 1. The fraction of sp³-hybridized carbons (Fsp3) is 0.370.